The van der Waals surface area contributed by atoms with Crippen LogP contribution in [0, 0.1) is 0 Å². The lowest BCUT2D eigenvalue weighted by Gasteiger charge is -2.10. The molecule has 2 rings (SSSR count). The van der Waals surface area contributed by atoms with Gasteiger partial charge in [0.05, 0.1) is 10.7 Å². The maximum absolute atomic E-state index is 11.9. The molecule has 0 radical (unpaired) electrons. The summed E-state index contributed by atoms with van der Waals surface area (Å²) in [5, 5.41) is 3.67. The number of halogens is 3. The van der Waals surface area contributed by atoms with Gasteiger partial charge in [0.25, 0.3) is 5.91 Å². The van der Waals surface area contributed by atoms with Gasteiger partial charge in [0.1, 0.15) is 5.75 Å². The van der Waals surface area contributed by atoms with Gasteiger partial charge in [-0.05, 0) is 58.2 Å². The molecule has 0 saturated heterocycles. The summed E-state index contributed by atoms with van der Waals surface area (Å²) < 4.78 is 6.23. The van der Waals surface area contributed by atoms with Crippen LogP contribution in [0.2, 0.25) is 10.0 Å². The molecular formula is C16H14BrCl2NO2. The molecule has 0 aliphatic carbocycles. The number of amides is 1. The number of rotatable bonds is 5. The molecule has 0 atom stereocenters. The third kappa shape index (κ3) is 4.63. The van der Waals surface area contributed by atoms with E-state index in [0.29, 0.717) is 21.5 Å². The van der Waals surface area contributed by atoms with Crippen molar-refractivity contribution in [3.05, 3.63) is 56.5 Å². The van der Waals surface area contributed by atoms with E-state index in [4.69, 9.17) is 27.9 Å². The highest BCUT2D eigenvalue weighted by molar-refractivity contribution is 9.10. The number of nitrogens with one attached hydrogen (secondary N) is 1. The number of anilines is 1. The second kappa shape index (κ2) is 7.86. The van der Waals surface area contributed by atoms with Crippen molar-refractivity contribution in [1.82, 2.24) is 0 Å². The van der Waals surface area contributed by atoms with Gasteiger partial charge in [0, 0.05) is 9.50 Å². The molecule has 6 heteroatoms. The average molecular weight is 403 g/mol. The minimum Gasteiger partial charge on any atom is -0.482 e. The molecule has 0 unspecified atom stereocenters. The van der Waals surface area contributed by atoms with Crippen LogP contribution in [0.5, 0.6) is 5.75 Å². The highest BCUT2D eigenvalue weighted by Gasteiger charge is 2.09. The van der Waals surface area contributed by atoms with Gasteiger partial charge >= 0.3 is 0 Å². The predicted molar refractivity (Wildman–Crippen MR) is 94.1 cm³/mol. The molecule has 2 aromatic rings. The van der Waals surface area contributed by atoms with Gasteiger partial charge in [-0.3, -0.25) is 4.79 Å². The number of ether oxygens (including phenoxy) is 1. The fourth-order valence-corrected chi connectivity index (χ4v) is 2.79. The van der Waals surface area contributed by atoms with Crippen molar-refractivity contribution < 1.29 is 9.53 Å². The summed E-state index contributed by atoms with van der Waals surface area (Å²) >= 11 is 15.2. The quantitative estimate of drug-likeness (QED) is 0.733. The summed E-state index contributed by atoms with van der Waals surface area (Å²) in [4.78, 5) is 11.9. The number of aryl methyl sites for hydroxylation is 1. The fourth-order valence-electron chi connectivity index (χ4n) is 1.80. The van der Waals surface area contributed by atoms with Crippen LogP contribution in [-0.2, 0) is 11.2 Å². The normalized spacial score (nSPS) is 10.4. The van der Waals surface area contributed by atoms with E-state index in [2.05, 4.69) is 28.2 Å². The summed E-state index contributed by atoms with van der Waals surface area (Å²) in [7, 11) is 0. The van der Waals surface area contributed by atoms with E-state index in [9.17, 15) is 4.79 Å². The lowest BCUT2D eigenvalue weighted by molar-refractivity contribution is -0.118. The summed E-state index contributed by atoms with van der Waals surface area (Å²) in [6, 6.07) is 10.7. The Morgan fingerprint density at radius 2 is 2.00 bits per heavy atom. The topological polar surface area (TPSA) is 38.3 Å². The van der Waals surface area contributed by atoms with Crippen molar-refractivity contribution in [1.29, 1.82) is 0 Å². The van der Waals surface area contributed by atoms with Crippen LogP contribution in [0.3, 0.4) is 0 Å². The lowest BCUT2D eigenvalue weighted by Crippen LogP contribution is -2.20. The molecule has 2 aromatic carbocycles. The highest BCUT2D eigenvalue weighted by atomic mass is 79.9. The van der Waals surface area contributed by atoms with E-state index >= 15 is 0 Å². The van der Waals surface area contributed by atoms with Crippen LogP contribution in [0.15, 0.2) is 40.9 Å². The monoisotopic (exact) mass is 401 g/mol. The zero-order chi connectivity index (χ0) is 16.1. The SMILES string of the molecule is CCc1ccc(NC(=O)COc2ccc(Cl)cc2Cl)c(Br)c1. The zero-order valence-electron chi connectivity index (χ0n) is 11.8. The maximum atomic E-state index is 11.9. The van der Waals surface area contributed by atoms with E-state index in [1.54, 1.807) is 18.2 Å². The van der Waals surface area contributed by atoms with E-state index in [1.165, 1.54) is 5.56 Å². The van der Waals surface area contributed by atoms with E-state index in [0.717, 1.165) is 10.9 Å². The van der Waals surface area contributed by atoms with E-state index in [-0.39, 0.29) is 12.5 Å². The third-order valence-electron chi connectivity index (χ3n) is 2.97. The van der Waals surface area contributed by atoms with Crippen molar-refractivity contribution in [2.24, 2.45) is 0 Å². The average Bonchev–Trinajstić information content (AvgIpc) is 2.48. The molecular weight excluding hydrogens is 389 g/mol. The minimum atomic E-state index is -0.268. The Labute approximate surface area is 147 Å². The van der Waals surface area contributed by atoms with Crippen LogP contribution < -0.4 is 10.1 Å². The Morgan fingerprint density at radius 1 is 1.23 bits per heavy atom. The second-order valence-electron chi connectivity index (χ2n) is 4.58. The van der Waals surface area contributed by atoms with Crippen molar-refractivity contribution >= 4 is 50.7 Å². The maximum Gasteiger partial charge on any atom is 0.262 e. The summed E-state index contributed by atoms with van der Waals surface area (Å²) in [6.07, 6.45) is 0.936. The van der Waals surface area contributed by atoms with Gasteiger partial charge < -0.3 is 10.1 Å². The highest BCUT2D eigenvalue weighted by Crippen LogP contribution is 2.28. The van der Waals surface area contributed by atoms with Crippen LogP contribution in [-0.4, -0.2) is 12.5 Å². The smallest absolute Gasteiger partial charge is 0.262 e. The molecule has 0 aliphatic heterocycles. The Hall–Kier alpha value is -1.23. The summed E-state index contributed by atoms with van der Waals surface area (Å²) in [5.74, 6) is 0.151. The van der Waals surface area contributed by atoms with Crippen LogP contribution in [0.4, 0.5) is 5.69 Å². The largest absolute Gasteiger partial charge is 0.482 e. The molecule has 0 fully saturated rings. The molecule has 0 saturated carbocycles. The molecule has 116 valence electrons. The first-order valence-electron chi connectivity index (χ1n) is 6.65. The van der Waals surface area contributed by atoms with Crippen LogP contribution >= 0.6 is 39.1 Å². The summed E-state index contributed by atoms with van der Waals surface area (Å²) in [6.45, 7) is 1.94. The first kappa shape index (κ1) is 17.1. The summed E-state index contributed by atoms with van der Waals surface area (Å²) in [5.41, 5.74) is 1.89. The number of hydrogen-bond acceptors (Lipinski definition) is 2. The molecule has 22 heavy (non-hydrogen) atoms. The van der Waals surface area contributed by atoms with Gasteiger partial charge in [-0.25, -0.2) is 0 Å². The zero-order valence-corrected chi connectivity index (χ0v) is 14.9. The van der Waals surface area contributed by atoms with Gasteiger partial charge in [-0.2, -0.15) is 0 Å². The standard InChI is InChI=1S/C16H14BrCl2NO2/c1-2-10-3-5-14(12(17)7-10)20-16(21)9-22-15-6-4-11(18)8-13(15)19/h3-8H,2,9H2,1H3,(H,20,21). The van der Waals surface area contributed by atoms with Crippen molar-refractivity contribution in [3.8, 4) is 5.75 Å². The molecule has 0 aliphatic rings. The fraction of sp³-hybridized carbons (Fsp3) is 0.188. The van der Waals surface area contributed by atoms with Gasteiger partial charge in [-0.1, -0.05) is 36.2 Å². The predicted octanol–water partition coefficient (Wildman–Crippen LogP) is 5.34. The van der Waals surface area contributed by atoms with Crippen LogP contribution in [0.1, 0.15) is 12.5 Å². The Balaban J connectivity index is 1.95. The third-order valence-corrected chi connectivity index (χ3v) is 4.16. The first-order valence-corrected chi connectivity index (χ1v) is 8.20. The molecule has 3 nitrogen and oxygen atoms in total. The molecule has 0 bridgehead atoms. The van der Waals surface area contributed by atoms with Gasteiger partial charge in [0.2, 0.25) is 0 Å². The second-order valence-corrected chi connectivity index (χ2v) is 6.28. The Kier molecular flexibility index (Phi) is 6.12. The number of hydrogen-bond donors (Lipinski definition) is 1. The van der Waals surface area contributed by atoms with Crippen LogP contribution in [0.25, 0.3) is 0 Å². The molecule has 0 spiro atoms. The molecule has 1 N–H and O–H groups in total. The number of carbonyl (C=O) groups is 1. The molecule has 0 aromatic heterocycles. The Bertz CT molecular complexity index is 692. The van der Waals surface area contributed by atoms with Crippen molar-refractivity contribution in [2.45, 2.75) is 13.3 Å². The number of carbonyl (C=O) groups excluding carboxylic acids is 1. The van der Waals surface area contributed by atoms with Gasteiger partial charge in [-0.15, -0.1) is 0 Å². The lowest BCUT2D eigenvalue weighted by atomic mass is 10.1. The molecule has 1 amide bonds. The van der Waals surface area contributed by atoms with E-state index in [1.807, 2.05) is 18.2 Å². The van der Waals surface area contributed by atoms with Gasteiger partial charge in [0.15, 0.2) is 6.61 Å². The Morgan fingerprint density at radius 3 is 2.64 bits per heavy atom. The minimum absolute atomic E-state index is 0.136. The molecule has 0 heterocycles. The number of benzene rings is 2. The van der Waals surface area contributed by atoms with E-state index < -0.39 is 0 Å². The van der Waals surface area contributed by atoms with Crippen molar-refractivity contribution in [2.75, 3.05) is 11.9 Å². The van der Waals surface area contributed by atoms with Crippen molar-refractivity contribution in [3.63, 3.8) is 0 Å². The first-order chi connectivity index (χ1) is 10.5.